The summed E-state index contributed by atoms with van der Waals surface area (Å²) < 4.78 is 25.0. The van der Waals surface area contributed by atoms with Gasteiger partial charge >= 0.3 is 6.08 Å². The Labute approximate surface area is 205 Å². The molecule has 2 aromatic heterocycles. The van der Waals surface area contributed by atoms with Gasteiger partial charge in [-0.25, -0.2) is 0 Å². The van der Waals surface area contributed by atoms with E-state index >= 15 is 0 Å². The predicted molar refractivity (Wildman–Crippen MR) is 130 cm³/mol. The SMILES string of the molecule is [2H]C(C)(C)N(Cc1ccccc1OCCCCc1nnc(O)o1)C(=O)c1ccc(-c2ccco2)cc1. The first-order chi connectivity index (χ1) is 17.3. The number of aryl methyl sites for hydroxylation is 1. The molecule has 2 heterocycles. The molecule has 0 unspecified atom stereocenters. The van der Waals surface area contributed by atoms with Crippen LogP contribution in [0.3, 0.4) is 0 Å². The quantitative estimate of drug-likeness (QED) is 0.286. The number of unbranched alkanes of at least 4 members (excludes halogenated alkanes) is 1. The summed E-state index contributed by atoms with van der Waals surface area (Å²) in [7, 11) is 0. The minimum absolute atomic E-state index is 0.229. The molecule has 0 spiro atoms. The molecule has 0 radical (unpaired) electrons. The molecular weight excluding hydrogens is 446 g/mol. The van der Waals surface area contributed by atoms with Crippen molar-refractivity contribution in [1.82, 2.24) is 15.1 Å². The highest BCUT2D eigenvalue weighted by atomic mass is 16.5. The van der Waals surface area contributed by atoms with Crippen LogP contribution in [0.25, 0.3) is 11.3 Å². The van der Waals surface area contributed by atoms with Gasteiger partial charge in [0, 0.05) is 35.7 Å². The minimum Gasteiger partial charge on any atom is -0.493 e. The smallest absolute Gasteiger partial charge is 0.412 e. The molecule has 0 fully saturated rings. The normalized spacial score (nSPS) is 11.8. The number of para-hydroxylation sites is 1. The van der Waals surface area contributed by atoms with Gasteiger partial charge in [-0.1, -0.05) is 35.4 Å². The van der Waals surface area contributed by atoms with Gasteiger partial charge in [0.05, 0.1) is 14.2 Å². The third-order valence-corrected chi connectivity index (χ3v) is 5.52. The standard InChI is InChI=1S/C27H29N3O5/c1-19(2)30(26(31)21-14-12-20(13-15-21)23-10-7-17-34-23)18-22-8-3-4-9-24(22)33-16-6-5-11-25-28-29-27(32)35-25/h3-4,7-10,12-15,17,19H,5-6,11,16,18H2,1-2H3,(H,29,32)/i19D. The average Bonchev–Trinajstić information content (AvgIpc) is 3.54. The maximum Gasteiger partial charge on any atom is 0.412 e. The highest BCUT2D eigenvalue weighted by Crippen LogP contribution is 2.24. The first kappa shape index (κ1) is 22.7. The number of hydrogen-bond acceptors (Lipinski definition) is 7. The molecule has 1 N–H and O–H groups in total. The van der Waals surface area contributed by atoms with Gasteiger partial charge in [0.25, 0.3) is 5.91 Å². The summed E-state index contributed by atoms with van der Waals surface area (Å²) >= 11 is 0. The summed E-state index contributed by atoms with van der Waals surface area (Å²) in [5, 5.41) is 16.3. The Hall–Kier alpha value is -4.07. The van der Waals surface area contributed by atoms with E-state index in [1.54, 1.807) is 32.2 Å². The van der Waals surface area contributed by atoms with Crippen molar-refractivity contribution >= 4 is 5.91 Å². The van der Waals surface area contributed by atoms with Crippen LogP contribution in [0.2, 0.25) is 0 Å². The van der Waals surface area contributed by atoms with Crippen molar-refractivity contribution in [2.45, 2.75) is 45.7 Å². The molecule has 0 bridgehead atoms. The van der Waals surface area contributed by atoms with Crippen LogP contribution in [-0.4, -0.2) is 38.7 Å². The van der Waals surface area contributed by atoms with E-state index in [-0.39, 0.29) is 12.5 Å². The second-order valence-corrected chi connectivity index (χ2v) is 8.28. The summed E-state index contributed by atoms with van der Waals surface area (Å²) in [4.78, 5) is 15.0. The van der Waals surface area contributed by atoms with Crippen LogP contribution in [0, 0.1) is 0 Å². The number of furan rings is 1. The molecule has 0 aliphatic rings. The lowest BCUT2D eigenvalue weighted by atomic mass is 10.1. The Morgan fingerprint density at radius 1 is 1.09 bits per heavy atom. The van der Waals surface area contributed by atoms with E-state index in [0.717, 1.165) is 29.7 Å². The maximum atomic E-state index is 13.4. The summed E-state index contributed by atoms with van der Waals surface area (Å²) in [6.07, 6.45) is 3.22. The number of nitrogens with zero attached hydrogens (tertiary/aromatic N) is 3. The molecule has 0 saturated heterocycles. The van der Waals surface area contributed by atoms with Gasteiger partial charge in [0.2, 0.25) is 5.89 Å². The summed E-state index contributed by atoms with van der Waals surface area (Å²) in [5.41, 5.74) is 2.19. The lowest BCUT2D eigenvalue weighted by molar-refractivity contribution is 0.0688. The molecule has 2 aromatic carbocycles. The number of carbonyl (C=O) groups is 1. The number of hydrogen-bond donors (Lipinski definition) is 1. The zero-order valence-corrected chi connectivity index (χ0v) is 19.8. The molecule has 8 heteroatoms. The van der Waals surface area contributed by atoms with Crippen molar-refractivity contribution in [3.05, 3.63) is 83.9 Å². The van der Waals surface area contributed by atoms with Gasteiger partial charge in [0.15, 0.2) is 0 Å². The molecule has 0 saturated carbocycles. The maximum absolute atomic E-state index is 13.4. The first-order valence-electron chi connectivity index (χ1n) is 12.0. The van der Waals surface area contributed by atoms with Crippen molar-refractivity contribution in [1.29, 1.82) is 0 Å². The van der Waals surface area contributed by atoms with Crippen LogP contribution < -0.4 is 4.74 Å². The van der Waals surface area contributed by atoms with E-state index in [1.165, 1.54) is 4.90 Å². The summed E-state index contributed by atoms with van der Waals surface area (Å²) in [6.45, 7) is 4.08. The zero-order chi connectivity index (χ0) is 25.5. The van der Waals surface area contributed by atoms with Crippen LogP contribution in [0.1, 0.15) is 49.9 Å². The lowest BCUT2D eigenvalue weighted by Gasteiger charge is -2.28. The van der Waals surface area contributed by atoms with E-state index in [4.69, 9.17) is 20.0 Å². The number of ether oxygens (including phenoxy) is 1. The molecule has 4 aromatic rings. The Morgan fingerprint density at radius 2 is 1.89 bits per heavy atom. The minimum atomic E-state index is -1.15. The second-order valence-electron chi connectivity index (χ2n) is 8.28. The molecule has 0 aliphatic carbocycles. The molecule has 8 nitrogen and oxygen atoms in total. The largest absolute Gasteiger partial charge is 0.493 e. The van der Waals surface area contributed by atoms with E-state index in [2.05, 4.69) is 10.2 Å². The number of carbonyl (C=O) groups excluding carboxylic acids is 1. The van der Waals surface area contributed by atoms with E-state index < -0.39 is 12.1 Å². The number of amides is 1. The number of aromatic hydroxyl groups is 1. The van der Waals surface area contributed by atoms with Gasteiger partial charge in [-0.15, -0.1) is 5.10 Å². The Balaban J connectivity index is 1.41. The third kappa shape index (κ3) is 6.29. The van der Waals surface area contributed by atoms with Crippen LogP contribution in [0.15, 0.2) is 75.8 Å². The van der Waals surface area contributed by atoms with E-state index in [9.17, 15) is 4.79 Å². The molecular formula is C27H29N3O5. The summed E-state index contributed by atoms with van der Waals surface area (Å²) in [5.74, 6) is 1.55. The van der Waals surface area contributed by atoms with Crippen LogP contribution in [0.5, 0.6) is 11.8 Å². The van der Waals surface area contributed by atoms with Gasteiger partial charge in [-0.05, 0) is 57.0 Å². The number of benzene rings is 2. The van der Waals surface area contributed by atoms with Gasteiger partial charge in [-0.3, -0.25) is 4.79 Å². The molecule has 182 valence electrons. The highest BCUT2D eigenvalue weighted by molar-refractivity contribution is 5.94. The van der Waals surface area contributed by atoms with Crippen molar-refractivity contribution in [2.75, 3.05) is 6.61 Å². The van der Waals surface area contributed by atoms with Crippen LogP contribution in [0.4, 0.5) is 0 Å². The first-order valence-corrected chi connectivity index (χ1v) is 11.5. The van der Waals surface area contributed by atoms with Crippen molar-refractivity contribution in [3.63, 3.8) is 0 Å². The number of aromatic nitrogens is 2. The topological polar surface area (TPSA) is 102 Å². The van der Waals surface area contributed by atoms with Gasteiger partial charge in [0.1, 0.15) is 11.5 Å². The Bertz CT molecular complexity index is 1260. The molecule has 35 heavy (non-hydrogen) atoms. The lowest BCUT2D eigenvalue weighted by Crippen LogP contribution is -2.36. The van der Waals surface area contributed by atoms with Gasteiger partial charge in [-0.2, -0.15) is 0 Å². The molecule has 4 rings (SSSR count). The Morgan fingerprint density at radius 3 is 2.57 bits per heavy atom. The molecule has 1 amide bonds. The second kappa shape index (κ2) is 11.4. The average molecular weight is 477 g/mol. The summed E-state index contributed by atoms with van der Waals surface area (Å²) in [6, 6.07) is 17.3. The predicted octanol–water partition coefficient (Wildman–Crippen LogP) is 5.49. The highest BCUT2D eigenvalue weighted by Gasteiger charge is 2.21. The molecule has 0 atom stereocenters. The fraction of sp³-hybridized carbons (Fsp3) is 0.296. The van der Waals surface area contributed by atoms with Crippen molar-refractivity contribution in [3.8, 4) is 23.1 Å². The zero-order valence-electron chi connectivity index (χ0n) is 20.8. The Kier molecular flexibility index (Phi) is 7.38. The third-order valence-electron chi connectivity index (χ3n) is 5.52. The van der Waals surface area contributed by atoms with Crippen LogP contribution >= 0.6 is 0 Å². The molecule has 0 aliphatic heterocycles. The monoisotopic (exact) mass is 476 g/mol. The van der Waals surface area contributed by atoms with Gasteiger partial charge < -0.3 is 23.6 Å². The van der Waals surface area contributed by atoms with E-state index in [1.807, 2.05) is 48.5 Å². The van der Waals surface area contributed by atoms with E-state index in [0.29, 0.717) is 30.2 Å². The number of rotatable bonds is 11. The van der Waals surface area contributed by atoms with Crippen molar-refractivity contribution in [2.24, 2.45) is 0 Å². The fourth-order valence-corrected chi connectivity index (χ4v) is 3.66. The fourth-order valence-electron chi connectivity index (χ4n) is 3.66. The van der Waals surface area contributed by atoms with Crippen molar-refractivity contribution < 1.29 is 24.8 Å². The van der Waals surface area contributed by atoms with Crippen LogP contribution in [-0.2, 0) is 13.0 Å².